The summed E-state index contributed by atoms with van der Waals surface area (Å²) in [4.78, 5) is 29.8. The number of anilines is 1. The van der Waals surface area contributed by atoms with E-state index in [9.17, 15) is 18.4 Å². The molecule has 5 rings (SSSR count). The number of amides is 2. The number of fused-ring (bicyclic) bond motifs is 1. The van der Waals surface area contributed by atoms with Gasteiger partial charge >= 0.3 is 0 Å². The summed E-state index contributed by atoms with van der Waals surface area (Å²) in [5.41, 5.74) is 3.50. The average Bonchev–Trinajstić information content (AvgIpc) is 3.06. The van der Waals surface area contributed by atoms with E-state index in [1.165, 1.54) is 11.6 Å². The van der Waals surface area contributed by atoms with Crippen LogP contribution in [0, 0.1) is 11.6 Å². The van der Waals surface area contributed by atoms with Gasteiger partial charge in [0.25, 0.3) is 11.8 Å². The molecule has 2 aliphatic rings. The van der Waals surface area contributed by atoms with Crippen LogP contribution in [-0.4, -0.2) is 23.3 Å². The highest BCUT2D eigenvalue weighted by Gasteiger charge is 2.43. The molecule has 2 amide bonds. The zero-order valence-electron chi connectivity index (χ0n) is 16.5. The minimum atomic E-state index is -1.11. The Morgan fingerprint density at radius 2 is 1.45 bits per heavy atom. The molecule has 0 bridgehead atoms. The van der Waals surface area contributed by atoms with Crippen molar-refractivity contribution in [2.45, 2.75) is 13.0 Å². The van der Waals surface area contributed by atoms with Gasteiger partial charge in [-0.1, -0.05) is 54.6 Å². The van der Waals surface area contributed by atoms with Crippen molar-refractivity contribution < 1.29 is 18.4 Å². The largest absolute Gasteiger partial charge is 0.362 e. The molecule has 0 fully saturated rings. The SMILES string of the molecule is O=C1C(c2ccccc2)=C(N2CCc3ccccc3C2)C(=O)N1c1ccc(F)c(F)c1. The molecule has 2 aliphatic heterocycles. The number of hydrogen-bond acceptors (Lipinski definition) is 3. The first-order valence-corrected chi connectivity index (χ1v) is 10.00. The maximum Gasteiger partial charge on any atom is 0.282 e. The van der Waals surface area contributed by atoms with Crippen molar-refractivity contribution in [3.8, 4) is 0 Å². The Kier molecular flexibility index (Phi) is 4.62. The lowest BCUT2D eigenvalue weighted by molar-refractivity contribution is -0.120. The van der Waals surface area contributed by atoms with Crippen LogP contribution in [0.4, 0.5) is 14.5 Å². The van der Waals surface area contributed by atoms with Gasteiger partial charge in [0, 0.05) is 19.2 Å². The van der Waals surface area contributed by atoms with Crippen LogP contribution >= 0.6 is 0 Å². The van der Waals surface area contributed by atoms with E-state index in [0.717, 1.165) is 29.0 Å². The molecule has 0 spiro atoms. The number of rotatable bonds is 3. The minimum absolute atomic E-state index is 0.00902. The average molecular weight is 416 g/mol. The van der Waals surface area contributed by atoms with Gasteiger partial charge in [-0.25, -0.2) is 13.7 Å². The Hall–Kier alpha value is -3.80. The second kappa shape index (κ2) is 7.47. The Labute approximate surface area is 178 Å². The summed E-state index contributed by atoms with van der Waals surface area (Å²) in [5.74, 6) is -3.23. The number of nitrogens with zero attached hydrogens (tertiary/aromatic N) is 2. The highest BCUT2D eigenvalue weighted by molar-refractivity contribution is 6.45. The monoisotopic (exact) mass is 416 g/mol. The molecule has 0 aliphatic carbocycles. The Bertz CT molecular complexity index is 1240. The molecule has 0 radical (unpaired) electrons. The first-order chi connectivity index (χ1) is 15.0. The van der Waals surface area contributed by atoms with E-state index in [2.05, 4.69) is 6.07 Å². The van der Waals surface area contributed by atoms with Crippen molar-refractivity contribution in [3.05, 3.63) is 107 Å². The Morgan fingerprint density at radius 1 is 0.742 bits per heavy atom. The smallest absolute Gasteiger partial charge is 0.282 e. The molecule has 154 valence electrons. The molecule has 0 aromatic heterocycles. The number of carbonyl (C=O) groups is 2. The lowest BCUT2D eigenvalue weighted by atomic mass is 9.98. The molecule has 0 saturated carbocycles. The van der Waals surface area contributed by atoms with Crippen molar-refractivity contribution >= 4 is 23.1 Å². The molecule has 31 heavy (non-hydrogen) atoms. The van der Waals surface area contributed by atoms with E-state index in [1.807, 2.05) is 29.2 Å². The topological polar surface area (TPSA) is 40.6 Å². The van der Waals surface area contributed by atoms with Gasteiger partial charge in [0.05, 0.1) is 11.3 Å². The molecule has 0 unspecified atom stereocenters. The number of imide groups is 1. The lowest BCUT2D eigenvalue weighted by Gasteiger charge is -2.31. The van der Waals surface area contributed by atoms with Crippen LogP contribution in [0.5, 0.6) is 0 Å². The van der Waals surface area contributed by atoms with Gasteiger partial charge in [-0.05, 0) is 35.2 Å². The fraction of sp³-hybridized carbons (Fsp3) is 0.120. The van der Waals surface area contributed by atoms with Crippen LogP contribution < -0.4 is 4.90 Å². The molecule has 0 saturated heterocycles. The third-order valence-electron chi connectivity index (χ3n) is 5.73. The summed E-state index contributed by atoms with van der Waals surface area (Å²) in [5, 5.41) is 0. The van der Waals surface area contributed by atoms with Crippen LogP contribution in [-0.2, 0) is 22.6 Å². The van der Waals surface area contributed by atoms with Crippen molar-refractivity contribution in [2.24, 2.45) is 0 Å². The van der Waals surface area contributed by atoms with Gasteiger partial charge in [-0.2, -0.15) is 0 Å². The first-order valence-electron chi connectivity index (χ1n) is 10.00. The van der Waals surface area contributed by atoms with Crippen LogP contribution in [0.2, 0.25) is 0 Å². The highest BCUT2D eigenvalue weighted by Crippen LogP contribution is 2.37. The van der Waals surface area contributed by atoms with E-state index in [4.69, 9.17) is 0 Å². The molecule has 0 N–H and O–H groups in total. The van der Waals surface area contributed by atoms with Gasteiger partial charge in [0.2, 0.25) is 0 Å². The summed E-state index contributed by atoms with van der Waals surface area (Å²) < 4.78 is 27.3. The maximum absolute atomic E-state index is 13.9. The van der Waals surface area contributed by atoms with Crippen molar-refractivity contribution in [1.82, 2.24) is 4.90 Å². The number of carbonyl (C=O) groups excluding carboxylic acids is 2. The number of halogens is 2. The summed E-state index contributed by atoms with van der Waals surface area (Å²) >= 11 is 0. The molecule has 2 heterocycles. The van der Waals surface area contributed by atoms with Gasteiger partial charge in [0.15, 0.2) is 11.6 Å². The van der Waals surface area contributed by atoms with Crippen molar-refractivity contribution in [1.29, 1.82) is 0 Å². The normalized spacial score (nSPS) is 16.2. The molecule has 0 atom stereocenters. The van der Waals surface area contributed by atoms with Crippen molar-refractivity contribution in [2.75, 3.05) is 11.4 Å². The molecular formula is C25H18F2N2O2. The zero-order chi connectivity index (χ0) is 21.5. The maximum atomic E-state index is 13.9. The van der Waals surface area contributed by atoms with Crippen LogP contribution in [0.15, 0.2) is 78.5 Å². The van der Waals surface area contributed by atoms with E-state index >= 15 is 0 Å². The van der Waals surface area contributed by atoms with Gasteiger partial charge in [-0.15, -0.1) is 0 Å². The third kappa shape index (κ3) is 3.20. The number of hydrogen-bond donors (Lipinski definition) is 0. The van der Waals surface area contributed by atoms with Gasteiger partial charge in [-0.3, -0.25) is 9.59 Å². The molecule has 3 aromatic rings. The third-order valence-corrected chi connectivity index (χ3v) is 5.73. The Balaban J connectivity index is 1.62. The zero-order valence-corrected chi connectivity index (χ0v) is 16.5. The van der Waals surface area contributed by atoms with E-state index < -0.39 is 23.4 Å². The minimum Gasteiger partial charge on any atom is -0.362 e. The molecule has 3 aromatic carbocycles. The quantitative estimate of drug-likeness (QED) is 0.598. The van der Waals surface area contributed by atoms with Crippen LogP contribution in [0.25, 0.3) is 5.57 Å². The van der Waals surface area contributed by atoms with Gasteiger partial charge in [0.1, 0.15) is 5.70 Å². The van der Waals surface area contributed by atoms with E-state index in [-0.39, 0.29) is 17.0 Å². The lowest BCUT2D eigenvalue weighted by Crippen LogP contribution is -2.37. The summed E-state index contributed by atoms with van der Waals surface area (Å²) in [6.07, 6.45) is 0.744. The standard InChI is InChI=1S/C25H18F2N2O2/c26-20-11-10-19(14-21(20)27)29-24(30)22(17-7-2-1-3-8-17)23(25(29)31)28-13-12-16-6-4-5-9-18(16)15-28/h1-11,14H,12-13,15H2. The predicted octanol–water partition coefficient (Wildman–Crippen LogP) is 4.31. The second-order valence-electron chi connectivity index (χ2n) is 7.57. The molecule has 6 heteroatoms. The summed E-state index contributed by atoms with van der Waals surface area (Å²) in [7, 11) is 0. The van der Waals surface area contributed by atoms with Crippen LogP contribution in [0.3, 0.4) is 0 Å². The fourth-order valence-corrected chi connectivity index (χ4v) is 4.22. The predicted molar refractivity (Wildman–Crippen MR) is 113 cm³/mol. The van der Waals surface area contributed by atoms with Crippen molar-refractivity contribution in [3.63, 3.8) is 0 Å². The highest BCUT2D eigenvalue weighted by atomic mass is 19.2. The van der Waals surface area contributed by atoms with Gasteiger partial charge < -0.3 is 4.90 Å². The van der Waals surface area contributed by atoms with E-state index in [1.54, 1.807) is 24.3 Å². The molecule has 4 nitrogen and oxygen atoms in total. The second-order valence-corrected chi connectivity index (χ2v) is 7.57. The fourth-order valence-electron chi connectivity index (χ4n) is 4.22. The van der Waals surface area contributed by atoms with Crippen LogP contribution in [0.1, 0.15) is 16.7 Å². The van der Waals surface area contributed by atoms with E-state index in [0.29, 0.717) is 18.7 Å². The molecular weight excluding hydrogens is 398 g/mol. The summed E-state index contributed by atoms with van der Waals surface area (Å²) in [6.45, 7) is 1.07. The number of benzene rings is 3. The first kappa shape index (κ1) is 19.2. The summed E-state index contributed by atoms with van der Waals surface area (Å²) in [6, 6.07) is 20.0. The Morgan fingerprint density at radius 3 is 2.19 bits per heavy atom.